The number of rotatable bonds is 16. The molecule has 2 heterocycles. The summed E-state index contributed by atoms with van der Waals surface area (Å²) < 4.78 is 11.1. The van der Waals surface area contributed by atoms with Gasteiger partial charge in [-0.2, -0.15) is 0 Å². The molecule has 2 unspecified atom stereocenters. The van der Waals surface area contributed by atoms with E-state index in [9.17, 15) is 14.4 Å². The van der Waals surface area contributed by atoms with Crippen LogP contribution in [0.4, 0.5) is 4.79 Å². The maximum Gasteiger partial charge on any atom is 0.417 e. The van der Waals surface area contributed by atoms with Crippen LogP contribution < -0.4 is 0 Å². The monoisotopic (exact) mass is 604 g/mol. The number of hydrogen-bond acceptors (Lipinski definition) is 6. The molecule has 1 aromatic heterocycles. The van der Waals surface area contributed by atoms with E-state index < -0.39 is 12.2 Å². The lowest BCUT2D eigenvalue weighted by molar-refractivity contribution is -0.141. The third-order valence-electron chi connectivity index (χ3n) is 7.83. The SMILES string of the molecule is CCCCCCCC(=O)N(C)Cc1cc(-c2ccc(CC(OCC)C(=O)N3C(=O)OCC3Cc3ccccc3)cc2)cs1. The third kappa shape index (κ3) is 9.25. The molecule has 0 aliphatic carbocycles. The fraction of sp³-hybridized carbons (Fsp3) is 0.457. The number of cyclic esters (lactones) is 1. The van der Waals surface area contributed by atoms with E-state index in [0.717, 1.165) is 40.0 Å². The van der Waals surface area contributed by atoms with E-state index in [2.05, 4.69) is 18.4 Å². The molecule has 0 bridgehead atoms. The maximum absolute atomic E-state index is 13.6. The van der Waals surface area contributed by atoms with E-state index in [4.69, 9.17) is 9.47 Å². The van der Waals surface area contributed by atoms with Crippen molar-refractivity contribution in [3.63, 3.8) is 0 Å². The second-order valence-electron chi connectivity index (χ2n) is 11.2. The number of unbranched alkanes of at least 4 members (excludes halogenated alkanes) is 4. The minimum Gasteiger partial charge on any atom is -0.447 e. The Labute approximate surface area is 259 Å². The van der Waals surface area contributed by atoms with Gasteiger partial charge in [0.2, 0.25) is 5.91 Å². The number of nitrogens with zero attached hydrogens (tertiary/aromatic N) is 2. The number of amides is 3. The van der Waals surface area contributed by atoms with Crippen LogP contribution in [0.25, 0.3) is 11.1 Å². The highest BCUT2D eigenvalue weighted by Crippen LogP contribution is 2.28. The van der Waals surface area contributed by atoms with Crippen LogP contribution in [-0.2, 0) is 38.4 Å². The van der Waals surface area contributed by atoms with Gasteiger partial charge in [-0.15, -0.1) is 11.3 Å². The topological polar surface area (TPSA) is 76.2 Å². The van der Waals surface area contributed by atoms with Crippen molar-refractivity contribution >= 4 is 29.2 Å². The molecule has 2 aromatic carbocycles. The van der Waals surface area contributed by atoms with Crippen LogP contribution in [0.5, 0.6) is 0 Å². The number of carbonyl (C=O) groups is 3. The summed E-state index contributed by atoms with van der Waals surface area (Å²) in [7, 11) is 1.88. The van der Waals surface area contributed by atoms with Crippen molar-refractivity contribution in [2.45, 2.75) is 83.9 Å². The van der Waals surface area contributed by atoms with Gasteiger partial charge < -0.3 is 14.4 Å². The first-order chi connectivity index (χ1) is 20.9. The van der Waals surface area contributed by atoms with Crippen LogP contribution in [0.1, 0.15) is 68.4 Å². The normalized spacial score (nSPS) is 15.4. The Hall–Kier alpha value is -3.49. The molecule has 1 fully saturated rings. The summed E-state index contributed by atoms with van der Waals surface area (Å²) in [4.78, 5) is 42.9. The lowest BCUT2D eigenvalue weighted by Crippen LogP contribution is -2.47. The fourth-order valence-corrected chi connectivity index (χ4v) is 6.34. The van der Waals surface area contributed by atoms with Crippen molar-refractivity contribution in [2.75, 3.05) is 20.3 Å². The molecule has 43 heavy (non-hydrogen) atoms. The van der Waals surface area contributed by atoms with Crippen molar-refractivity contribution < 1.29 is 23.9 Å². The van der Waals surface area contributed by atoms with Gasteiger partial charge in [0.15, 0.2) is 0 Å². The predicted octanol–water partition coefficient (Wildman–Crippen LogP) is 7.27. The molecule has 3 aromatic rings. The Morgan fingerprint density at radius 1 is 1.00 bits per heavy atom. The molecule has 230 valence electrons. The smallest absolute Gasteiger partial charge is 0.417 e. The molecule has 0 N–H and O–H groups in total. The standard InChI is InChI=1S/C35H44N2O5S/c1-4-6-7-8-12-15-33(38)36(3)23-31-22-29(25-43-31)28-18-16-27(17-19-28)21-32(41-5-2)34(39)37-30(24-42-35(37)40)20-26-13-10-9-11-14-26/h9-11,13-14,16-19,22,25,30,32H,4-8,12,15,20-21,23-24H2,1-3H3. The zero-order valence-electron chi connectivity index (χ0n) is 25.6. The van der Waals surface area contributed by atoms with Gasteiger partial charge in [0, 0.05) is 31.4 Å². The third-order valence-corrected chi connectivity index (χ3v) is 8.75. The summed E-state index contributed by atoms with van der Waals surface area (Å²) in [5, 5.41) is 2.12. The highest BCUT2D eigenvalue weighted by molar-refractivity contribution is 7.10. The zero-order chi connectivity index (χ0) is 30.6. The summed E-state index contributed by atoms with van der Waals surface area (Å²) >= 11 is 1.66. The van der Waals surface area contributed by atoms with Gasteiger partial charge in [-0.25, -0.2) is 9.69 Å². The summed E-state index contributed by atoms with van der Waals surface area (Å²) in [5.41, 5.74) is 4.16. The highest BCUT2D eigenvalue weighted by atomic mass is 32.1. The summed E-state index contributed by atoms with van der Waals surface area (Å²) in [5.74, 6) is -0.167. The van der Waals surface area contributed by atoms with Crippen LogP contribution in [0, 0.1) is 0 Å². The Balaban J connectivity index is 1.34. The van der Waals surface area contributed by atoms with Gasteiger partial charge in [-0.3, -0.25) is 9.59 Å². The molecule has 2 atom stereocenters. The minimum atomic E-state index is -0.785. The number of thiophene rings is 1. The number of benzene rings is 2. The summed E-state index contributed by atoms with van der Waals surface area (Å²) in [6, 6.07) is 19.7. The van der Waals surface area contributed by atoms with Crippen LogP contribution in [-0.4, -0.2) is 60.1 Å². The molecule has 0 saturated carbocycles. The van der Waals surface area contributed by atoms with Crippen molar-refractivity contribution in [1.29, 1.82) is 0 Å². The molecule has 8 heteroatoms. The molecular formula is C35H44N2O5S. The minimum absolute atomic E-state index is 0.179. The van der Waals surface area contributed by atoms with Crippen molar-refractivity contribution in [3.8, 4) is 11.1 Å². The molecular weight excluding hydrogens is 560 g/mol. The van der Waals surface area contributed by atoms with Crippen LogP contribution in [0.15, 0.2) is 66.0 Å². The second kappa shape index (κ2) is 16.4. The van der Waals surface area contributed by atoms with Crippen LogP contribution in [0.2, 0.25) is 0 Å². The predicted molar refractivity (Wildman–Crippen MR) is 171 cm³/mol. The number of hydrogen-bond donors (Lipinski definition) is 0. The maximum atomic E-state index is 13.6. The molecule has 3 amide bonds. The van der Waals surface area contributed by atoms with Gasteiger partial charge in [0.05, 0.1) is 12.6 Å². The van der Waals surface area contributed by atoms with E-state index in [1.54, 1.807) is 11.3 Å². The summed E-state index contributed by atoms with van der Waals surface area (Å²) in [6.45, 7) is 5.19. The first kappa shape index (κ1) is 32.4. The average Bonchev–Trinajstić information content (AvgIpc) is 3.63. The van der Waals surface area contributed by atoms with Crippen molar-refractivity contribution in [3.05, 3.63) is 82.0 Å². The molecule has 1 saturated heterocycles. The zero-order valence-corrected chi connectivity index (χ0v) is 26.4. The molecule has 1 aliphatic rings. The first-order valence-electron chi connectivity index (χ1n) is 15.5. The molecule has 4 rings (SSSR count). The van der Waals surface area contributed by atoms with Gasteiger partial charge in [-0.05, 0) is 53.5 Å². The molecule has 1 aliphatic heterocycles. The highest BCUT2D eigenvalue weighted by Gasteiger charge is 2.41. The van der Waals surface area contributed by atoms with Crippen molar-refractivity contribution in [1.82, 2.24) is 9.80 Å². The quantitative estimate of drug-likeness (QED) is 0.161. The number of ether oxygens (including phenoxy) is 2. The van der Waals surface area contributed by atoms with Gasteiger partial charge in [0.25, 0.3) is 5.91 Å². The fourth-order valence-electron chi connectivity index (χ4n) is 5.40. The van der Waals surface area contributed by atoms with E-state index >= 15 is 0 Å². The largest absolute Gasteiger partial charge is 0.447 e. The second-order valence-corrected chi connectivity index (χ2v) is 12.2. The van der Waals surface area contributed by atoms with E-state index in [-0.39, 0.29) is 24.5 Å². The average molecular weight is 605 g/mol. The Morgan fingerprint density at radius 2 is 1.74 bits per heavy atom. The Bertz CT molecular complexity index is 1320. The first-order valence-corrected chi connectivity index (χ1v) is 16.3. The lowest BCUT2D eigenvalue weighted by atomic mass is 10.0. The Kier molecular flexibility index (Phi) is 12.4. The van der Waals surface area contributed by atoms with Crippen LogP contribution in [0.3, 0.4) is 0 Å². The van der Waals surface area contributed by atoms with Crippen molar-refractivity contribution in [2.24, 2.45) is 0 Å². The van der Waals surface area contributed by atoms with Crippen LogP contribution >= 0.6 is 11.3 Å². The molecule has 7 nitrogen and oxygen atoms in total. The van der Waals surface area contributed by atoms with Gasteiger partial charge in [0.1, 0.15) is 12.7 Å². The number of imide groups is 1. The van der Waals surface area contributed by atoms with E-state index in [0.29, 0.717) is 32.4 Å². The Morgan fingerprint density at radius 3 is 2.47 bits per heavy atom. The summed E-state index contributed by atoms with van der Waals surface area (Å²) in [6.07, 6.45) is 5.82. The molecule has 0 radical (unpaired) electrons. The van der Waals surface area contributed by atoms with E-state index in [1.165, 1.54) is 24.2 Å². The van der Waals surface area contributed by atoms with E-state index in [1.807, 2.05) is 73.5 Å². The molecule has 0 spiro atoms. The number of carbonyl (C=O) groups excluding carboxylic acids is 3. The van der Waals surface area contributed by atoms with Gasteiger partial charge >= 0.3 is 6.09 Å². The van der Waals surface area contributed by atoms with Gasteiger partial charge in [-0.1, -0.05) is 87.2 Å². The lowest BCUT2D eigenvalue weighted by Gasteiger charge is -2.25.